The molecule has 1 aromatic heterocycles. The van der Waals surface area contributed by atoms with Crippen molar-refractivity contribution >= 4 is 29.1 Å². The van der Waals surface area contributed by atoms with Gasteiger partial charge in [-0.25, -0.2) is 0 Å². The second kappa shape index (κ2) is 7.73. The van der Waals surface area contributed by atoms with Crippen molar-refractivity contribution in [2.75, 3.05) is 5.32 Å². The topological polar surface area (TPSA) is 42.7 Å². The van der Waals surface area contributed by atoms with Crippen molar-refractivity contribution in [3.63, 3.8) is 0 Å². The zero-order valence-corrected chi connectivity index (χ0v) is 15.2. The highest BCUT2D eigenvalue weighted by atomic mass is 35.5. The van der Waals surface area contributed by atoms with Crippen LogP contribution < -0.4 is 5.32 Å². The van der Waals surface area contributed by atoms with Crippen LogP contribution in [0.1, 0.15) is 17.0 Å². The lowest BCUT2D eigenvalue weighted by atomic mass is 10.2. The highest BCUT2D eigenvalue weighted by molar-refractivity contribution is 7.98. The molecule has 0 atom stereocenters. The molecule has 6 heteroatoms. The fourth-order valence-electron chi connectivity index (χ4n) is 2.23. The van der Waals surface area contributed by atoms with Gasteiger partial charge in [0.25, 0.3) is 0 Å². The van der Waals surface area contributed by atoms with Gasteiger partial charge in [-0.3, -0.25) is 0 Å². The van der Waals surface area contributed by atoms with Gasteiger partial charge in [0, 0.05) is 23.5 Å². The highest BCUT2D eigenvalue weighted by Crippen LogP contribution is 2.25. The number of nitrogens with zero attached hydrogens (tertiary/aromatic N) is 3. The number of aromatic nitrogens is 3. The highest BCUT2D eigenvalue weighted by Gasteiger charge is 2.10. The van der Waals surface area contributed by atoms with Crippen molar-refractivity contribution in [1.82, 2.24) is 14.8 Å². The number of anilines is 1. The Labute approximate surface area is 151 Å². The van der Waals surface area contributed by atoms with Gasteiger partial charge in [-0.2, -0.15) is 0 Å². The zero-order valence-electron chi connectivity index (χ0n) is 13.7. The Kier molecular flexibility index (Phi) is 5.43. The molecule has 0 fully saturated rings. The second-order valence-corrected chi connectivity index (χ2v) is 6.91. The molecule has 1 N–H and O–H groups in total. The largest absolute Gasteiger partial charge is 0.378 e. The number of rotatable bonds is 6. The molecule has 0 aliphatic carbocycles. The number of thioether (sulfide) groups is 1. The van der Waals surface area contributed by atoms with Crippen LogP contribution in [0.5, 0.6) is 0 Å². The molecule has 3 aromatic rings. The molecule has 124 valence electrons. The average molecular weight is 359 g/mol. The van der Waals surface area contributed by atoms with Crippen LogP contribution in [-0.2, 0) is 19.3 Å². The normalized spacial score (nSPS) is 10.8. The minimum absolute atomic E-state index is 0.638. The third-order valence-electron chi connectivity index (χ3n) is 3.74. The van der Waals surface area contributed by atoms with E-state index in [9.17, 15) is 0 Å². The predicted octanol–water partition coefficient (Wildman–Crippen LogP) is 4.68. The van der Waals surface area contributed by atoms with Gasteiger partial charge in [-0.1, -0.05) is 59.3 Å². The molecule has 4 nitrogen and oxygen atoms in total. The Morgan fingerprint density at radius 2 is 1.83 bits per heavy atom. The molecule has 3 rings (SSSR count). The maximum atomic E-state index is 6.20. The maximum Gasteiger partial charge on any atom is 0.191 e. The van der Waals surface area contributed by atoms with Gasteiger partial charge in [0.15, 0.2) is 11.0 Å². The van der Waals surface area contributed by atoms with E-state index in [1.54, 1.807) is 11.8 Å². The summed E-state index contributed by atoms with van der Waals surface area (Å²) >= 11 is 7.83. The smallest absolute Gasteiger partial charge is 0.191 e. The quantitative estimate of drug-likeness (QED) is 0.649. The molecule has 1 heterocycles. The van der Waals surface area contributed by atoms with E-state index in [-0.39, 0.29) is 0 Å². The van der Waals surface area contributed by atoms with Crippen molar-refractivity contribution in [3.05, 3.63) is 70.5 Å². The predicted molar refractivity (Wildman–Crippen MR) is 101 cm³/mol. The van der Waals surface area contributed by atoms with Crippen molar-refractivity contribution in [1.29, 1.82) is 0 Å². The fourth-order valence-corrected chi connectivity index (χ4v) is 3.45. The summed E-state index contributed by atoms with van der Waals surface area (Å²) in [6, 6.07) is 16.2. The van der Waals surface area contributed by atoms with Crippen LogP contribution in [-0.4, -0.2) is 14.8 Å². The molecular formula is C18H19ClN4S. The summed E-state index contributed by atoms with van der Waals surface area (Å²) in [5.41, 5.74) is 3.43. The molecule has 24 heavy (non-hydrogen) atoms. The van der Waals surface area contributed by atoms with Crippen LogP contribution >= 0.6 is 23.4 Å². The first kappa shape index (κ1) is 16.9. The van der Waals surface area contributed by atoms with Crippen molar-refractivity contribution in [2.24, 2.45) is 7.05 Å². The summed E-state index contributed by atoms with van der Waals surface area (Å²) in [4.78, 5) is 0. The van der Waals surface area contributed by atoms with Gasteiger partial charge in [0.05, 0.1) is 6.54 Å². The molecule has 0 saturated heterocycles. The molecular weight excluding hydrogens is 340 g/mol. The first-order valence-corrected chi connectivity index (χ1v) is 9.05. The first-order valence-electron chi connectivity index (χ1n) is 7.68. The van der Waals surface area contributed by atoms with Crippen molar-refractivity contribution in [2.45, 2.75) is 24.4 Å². The number of hydrogen-bond acceptors (Lipinski definition) is 4. The summed E-state index contributed by atoms with van der Waals surface area (Å²) in [5.74, 6) is 1.68. The lowest BCUT2D eigenvalue weighted by Gasteiger charge is -2.07. The Bertz CT molecular complexity index is 814. The Hall–Kier alpha value is -1.98. The van der Waals surface area contributed by atoms with Gasteiger partial charge in [0.1, 0.15) is 0 Å². The summed E-state index contributed by atoms with van der Waals surface area (Å²) < 4.78 is 2.02. The lowest BCUT2D eigenvalue weighted by Crippen LogP contribution is -2.06. The minimum atomic E-state index is 0.638. The van der Waals surface area contributed by atoms with Crippen LogP contribution in [0.4, 0.5) is 5.69 Å². The number of benzene rings is 2. The average Bonchev–Trinajstić information content (AvgIpc) is 2.94. The summed E-state index contributed by atoms with van der Waals surface area (Å²) in [5, 5.41) is 13.6. The van der Waals surface area contributed by atoms with E-state index >= 15 is 0 Å². The standard InChI is InChI=1S/C18H19ClN4S/c1-13-7-9-15(10-8-13)20-11-17-21-22-18(23(17)2)24-12-14-5-3-4-6-16(14)19/h3-10,20H,11-12H2,1-2H3. The van der Waals surface area contributed by atoms with E-state index in [2.05, 4.69) is 46.7 Å². The molecule has 0 unspecified atom stereocenters. The van der Waals surface area contributed by atoms with Gasteiger partial charge in [0.2, 0.25) is 0 Å². The molecule has 0 saturated carbocycles. The number of hydrogen-bond donors (Lipinski definition) is 1. The van der Waals surface area contributed by atoms with Crippen LogP contribution in [0.2, 0.25) is 5.02 Å². The first-order chi connectivity index (χ1) is 11.6. The van der Waals surface area contributed by atoms with E-state index in [0.29, 0.717) is 6.54 Å². The fraction of sp³-hybridized carbons (Fsp3) is 0.222. The molecule has 0 aliphatic rings. The third kappa shape index (κ3) is 4.10. The van der Waals surface area contributed by atoms with Gasteiger partial charge in [-0.15, -0.1) is 10.2 Å². The van der Waals surface area contributed by atoms with E-state index in [4.69, 9.17) is 11.6 Å². The SMILES string of the molecule is Cc1ccc(NCc2nnc(SCc3ccccc3Cl)n2C)cc1. The van der Waals surface area contributed by atoms with Crippen LogP contribution in [0, 0.1) is 6.92 Å². The van der Waals surface area contributed by atoms with Gasteiger partial charge < -0.3 is 9.88 Å². The summed E-state index contributed by atoms with van der Waals surface area (Å²) in [6.07, 6.45) is 0. The number of aryl methyl sites for hydroxylation is 1. The third-order valence-corrected chi connectivity index (χ3v) is 5.18. The summed E-state index contributed by atoms with van der Waals surface area (Å²) in [7, 11) is 1.99. The van der Waals surface area contributed by atoms with Gasteiger partial charge >= 0.3 is 0 Å². The molecule has 0 bridgehead atoms. The Morgan fingerprint density at radius 1 is 1.08 bits per heavy atom. The zero-order chi connectivity index (χ0) is 16.9. The van der Waals surface area contributed by atoms with Crippen molar-refractivity contribution < 1.29 is 0 Å². The number of nitrogens with one attached hydrogen (secondary N) is 1. The molecule has 0 amide bonds. The molecule has 0 aliphatic heterocycles. The van der Waals surface area contributed by atoms with E-state index in [1.807, 2.05) is 35.9 Å². The van der Waals surface area contributed by atoms with E-state index in [0.717, 1.165) is 33.0 Å². The second-order valence-electron chi connectivity index (χ2n) is 5.56. The van der Waals surface area contributed by atoms with Crippen LogP contribution in [0.3, 0.4) is 0 Å². The molecule has 0 spiro atoms. The molecule has 0 radical (unpaired) electrons. The number of halogens is 1. The maximum absolute atomic E-state index is 6.20. The summed E-state index contributed by atoms with van der Waals surface area (Å²) in [6.45, 7) is 2.72. The van der Waals surface area contributed by atoms with Gasteiger partial charge in [-0.05, 0) is 30.7 Å². The lowest BCUT2D eigenvalue weighted by molar-refractivity contribution is 0.744. The van der Waals surface area contributed by atoms with Crippen LogP contribution in [0.15, 0.2) is 53.7 Å². The monoisotopic (exact) mass is 358 g/mol. The minimum Gasteiger partial charge on any atom is -0.378 e. The van der Waals surface area contributed by atoms with Crippen LogP contribution in [0.25, 0.3) is 0 Å². The molecule has 2 aromatic carbocycles. The van der Waals surface area contributed by atoms with E-state index < -0.39 is 0 Å². The van der Waals surface area contributed by atoms with Crippen molar-refractivity contribution in [3.8, 4) is 0 Å². The Balaban J connectivity index is 1.61. The van der Waals surface area contributed by atoms with E-state index in [1.165, 1.54) is 5.56 Å². The Morgan fingerprint density at radius 3 is 2.58 bits per heavy atom.